The Morgan fingerprint density at radius 2 is 2.21 bits per heavy atom. The van der Waals surface area contributed by atoms with Crippen molar-refractivity contribution in [3.05, 3.63) is 46.4 Å². The number of hydrogen-bond acceptors (Lipinski definition) is 6. The number of nitrogens with one attached hydrogen (secondary N) is 2. The minimum Gasteiger partial charge on any atom is -0.376 e. The van der Waals surface area contributed by atoms with Crippen molar-refractivity contribution in [1.29, 1.82) is 0 Å². The van der Waals surface area contributed by atoms with Gasteiger partial charge in [0.25, 0.3) is 5.56 Å². The number of rotatable bonds is 6. The van der Waals surface area contributed by atoms with Crippen molar-refractivity contribution in [2.75, 3.05) is 18.9 Å². The molecular formula is C19H21N5O3S. The smallest absolute Gasteiger partial charge is 0.262 e. The number of H-pyrrole nitrogens is 1. The average molecular weight is 399 g/mol. The zero-order valence-corrected chi connectivity index (χ0v) is 16.3. The quantitative estimate of drug-likeness (QED) is 0.484. The first-order valence-corrected chi connectivity index (χ1v) is 10.1. The molecule has 28 heavy (non-hydrogen) atoms. The fourth-order valence-corrected chi connectivity index (χ4v) is 3.75. The lowest BCUT2D eigenvalue weighted by Crippen LogP contribution is -2.33. The molecule has 1 saturated heterocycles. The van der Waals surface area contributed by atoms with Gasteiger partial charge in [-0.1, -0.05) is 29.5 Å². The van der Waals surface area contributed by atoms with Crippen LogP contribution in [0.25, 0.3) is 16.7 Å². The molecule has 3 aromatic rings. The number of carbonyl (C=O) groups is 1. The molecular weight excluding hydrogens is 378 g/mol. The Hall–Kier alpha value is -2.65. The van der Waals surface area contributed by atoms with Crippen LogP contribution in [0.2, 0.25) is 0 Å². The van der Waals surface area contributed by atoms with E-state index < -0.39 is 0 Å². The SMILES string of the molecule is Cc1ccc(-n2ncc3c(=O)[nH]c(SCC(=O)NC[C@H]4CCCO4)nc32)cc1. The zero-order valence-electron chi connectivity index (χ0n) is 15.5. The highest BCUT2D eigenvalue weighted by Gasteiger charge is 2.17. The number of benzene rings is 1. The van der Waals surface area contributed by atoms with E-state index >= 15 is 0 Å². The predicted octanol–water partition coefficient (Wildman–Crippen LogP) is 1.80. The maximum absolute atomic E-state index is 12.4. The largest absolute Gasteiger partial charge is 0.376 e. The lowest BCUT2D eigenvalue weighted by atomic mass is 10.2. The number of amides is 1. The van der Waals surface area contributed by atoms with Gasteiger partial charge in [-0.15, -0.1) is 0 Å². The number of aryl methyl sites for hydroxylation is 1. The minimum absolute atomic E-state index is 0.104. The highest BCUT2D eigenvalue weighted by molar-refractivity contribution is 7.99. The number of thioether (sulfide) groups is 1. The van der Waals surface area contributed by atoms with Crippen molar-refractivity contribution in [2.45, 2.75) is 31.0 Å². The molecule has 0 bridgehead atoms. The average Bonchev–Trinajstić information content (AvgIpc) is 3.35. The second-order valence-electron chi connectivity index (χ2n) is 6.73. The summed E-state index contributed by atoms with van der Waals surface area (Å²) < 4.78 is 7.12. The lowest BCUT2D eigenvalue weighted by Gasteiger charge is -2.10. The summed E-state index contributed by atoms with van der Waals surface area (Å²) in [6, 6.07) is 7.81. The first kappa shape index (κ1) is 18.7. The third kappa shape index (κ3) is 4.10. The van der Waals surface area contributed by atoms with Crippen molar-refractivity contribution in [3.8, 4) is 5.69 Å². The van der Waals surface area contributed by atoms with Gasteiger partial charge in [0, 0.05) is 13.2 Å². The minimum atomic E-state index is -0.273. The first-order chi connectivity index (χ1) is 13.6. The van der Waals surface area contributed by atoms with E-state index in [4.69, 9.17) is 4.74 Å². The fourth-order valence-electron chi connectivity index (χ4n) is 3.06. The Bertz CT molecular complexity index is 1040. The molecule has 1 aliphatic rings. The topological polar surface area (TPSA) is 102 Å². The normalized spacial score (nSPS) is 16.5. The second kappa shape index (κ2) is 8.15. The molecule has 9 heteroatoms. The van der Waals surface area contributed by atoms with Crippen LogP contribution in [0.4, 0.5) is 0 Å². The van der Waals surface area contributed by atoms with Crippen molar-refractivity contribution >= 4 is 28.7 Å². The Kier molecular flexibility index (Phi) is 5.45. The molecule has 1 fully saturated rings. The number of ether oxygens (including phenoxy) is 1. The van der Waals surface area contributed by atoms with E-state index in [1.54, 1.807) is 4.68 Å². The van der Waals surface area contributed by atoms with Gasteiger partial charge in [0.2, 0.25) is 5.91 Å². The van der Waals surface area contributed by atoms with E-state index in [0.717, 1.165) is 30.7 Å². The van der Waals surface area contributed by atoms with Crippen molar-refractivity contribution in [1.82, 2.24) is 25.1 Å². The van der Waals surface area contributed by atoms with Crippen LogP contribution >= 0.6 is 11.8 Å². The van der Waals surface area contributed by atoms with Crippen LogP contribution in [0.15, 0.2) is 40.4 Å². The van der Waals surface area contributed by atoms with Crippen molar-refractivity contribution < 1.29 is 9.53 Å². The van der Waals surface area contributed by atoms with Crippen LogP contribution in [-0.4, -0.2) is 50.7 Å². The van der Waals surface area contributed by atoms with Gasteiger partial charge in [0.05, 0.1) is 23.7 Å². The van der Waals surface area contributed by atoms with Gasteiger partial charge in [0.1, 0.15) is 5.39 Å². The predicted molar refractivity (Wildman–Crippen MR) is 107 cm³/mol. The van der Waals surface area contributed by atoms with E-state index in [0.29, 0.717) is 22.7 Å². The van der Waals surface area contributed by atoms with E-state index in [9.17, 15) is 9.59 Å². The Morgan fingerprint density at radius 1 is 1.39 bits per heavy atom. The molecule has 1 aromatic carbocycles. The molecule has 0 radical (unpaired) electrons. The van der Waals surface area contributed by atoms with E-state index in [1.807, 2.05) is 31.2 Å². The standard InChI is InChI=1S/C19H21N5O3S/c1-12-4-6-13(7-5-12)24-17-15(10-21-24)18(26)23-19(22-17)28-11-16(25)20-9-14-3-2-8-27-14/h4-7,10,14H,2-3,8-9,11H2,1H3,(H,20,25)(H,22,23,26)/t14-/m1/s1. The molecule has 1 aliphatic heterocycles. The highest BCUT2D eigenvalue weighted by atomic mass is 32.2. The van der Waals surface area contributed by atoms with E-state index in [-0.39, 0.29) is 23.3 Å². The molecule has 0 unspecified atom stereocenters. The number of hydrogen-bond donors (Lipinski definition) is 2. The van der Waals surface area contributed by atoms with Crippen LogP contribution in [0.3, 0.4) is 0 Å². The van der Waals surface area contributed by atoms with Gasteiger partial charge in [-0.25, -0.2) is 9.67 Å². The molecule has 2 N–H and O–H groups in total. The summed E-state index contributed by atoms with van der Waals surface area (Å²) in [6.45, 7) is 3.28. The number of carbonyl (C=O) groups excluding carboxylic acids is 1. The molecule has 0 saturated carbocycles. The first-order valence-electron chi connectivity index (χ1n) is 9.16. The summed E-state index contributed by atoms with van der Waals surface area (Å²) in [6.07, 6.45) is 3.62. The summed E-state index contributed by atoms with van der Waals surface area (Å²) in [5.74, 6) is 0.0510. The van der Waals surface area contributed by atoms with Crippen molar-refractivity contribution in [3.63, 3.8) is 0 Å². The third-order valence-corrected chi connectivity index (χ3v) is 5.46. The summed E-state index contributed by atoms with van der Waals surface area (Å²) >= 11 is 1.19. The molecule has 3 heterocycles. The van der Waals surface area contributed by atoms with Gasteiger partial charge in [0.15, 0.2) is 10.8 Å². The zero-order chi connectivity index (χ0) is 19.5. The summed E-state index contributed by atoms with van der Waals surface area (Å²) in [5, 5.41) is 7.96. The molecule has 1 amide bonds. The van der Waals surface area contributed by atoms with Crippen LogP contribution in [-0.2, 0) is 9.53 Å². The summed E-state index contributed by atoms with van der Waals surface area (Å²) in [5.41, 5.74) is 2.15. The highest BCUT2D eigenvalue weighted by Crippen LogP contribution is 2.18. The van der Waals surface area contributed by atoms with E-state index in [2.05, 4.69) is 20.4 Å². The maximum atomic E-state index is 12.4. The van der Waals surface area contributed by atoms with Gasteiger partial charge in [-0.3, -0.25) is 9.59 Å². The molecule has 146 valence electrons. The molecule has 0 spiro atoms. The van der Waals surface area contributed by atoms with Crippen LogP contribution in [0.5, 0.6) is 0 Å². The molecule has 4 rings (SSSR count). The Labute approximate surface area is 165 Å². The van der Waals surface area contributed by atoms with Gasteiger partial charge in [-0.05, 0) is 31.9 Å². The number of fused-ring (bicyclic) bond motifs is 1. The van der Waals surface area contributed by atoms with Crippen LogP contribution in [0, 0.1) is 6.92 Å². The summed E-state index contributed by atoms with van der Waals surface area (Å²) in [7, 11) is 0. The Balaban J connectivity index is 1.48. The fraction of sp³-hybridized carbons (Fsp3) is 0.368. The monoisotopic (exact) mass is 399 g/mol. The third-order valence-electron chi connectivity index (χ3n) is 4.59. The summed E-state index contributed by atoms with van der Waals surface area (Å²) in [4.78, 5) is 31.7. The van der Waals surface area contributed by atoms with E-state index in [1.165, 1.54) is 18.0 Å². The molecule has 0 aliphatic carbocycles. The second-order valence-corrected chi connectivity index (χ2v) is 7.69. The number of aromatic amines is 1. The Morgan fingerprint density at radius 3 is 2.96 bits per heavy atom. The number of nitrogens with zero attached hydrogens (tertiary/aromatic N) is 3. The van der Waals surface area contributed by atoms with Gasteiger partial charge < -0.3 is 15.0 Å². The van der Waals surface area contributed by atoms with Crippen molar-refractivity contribution in [2.24, 2.45) is 0 Å². The molecule has 2 aromatic heterocycles. The molecule has 8 nitrogen and oxygen atoms in total. The molecule has 1 atom stereocenters. The lowest BCUT2D eigenvalue weighted by molar-refractivity contribution is -0.119. The van der Waals surface area contributed by atoms with Crippen LogP contribution < -0.4 is 10.9 Å². The van der Waals surface area contributed by atoms with Gasteiger partial charge in [-0.2, -0.15) is 5.10 Å². The van der Waals surface area contributed by atoms with Crippen LogP contribution in [0.1, 0.15) is 18.4 Å². The number of aromatic nitrogens is 4. The maximum Gasteiger partial charge on any atom is 0.262 e. The van der Waals surface area contributed by atoms with Gasteiger partial charge >= 0.3 is 0 Å².